The number of nitrogens with one attached hydrogen (secondary N) is 1. The Bertz CT molecular complexity index is 337. The predicted octanol–water partition coefficient (Wildman–Crippen LogP) is 1.53. The Kier molecular flexibility index (Phi) is 2.33. The number of rotatable bonds is 1. The molecule has 0 aromatic heterocycles. The molecule has 0 aliphatic carbocycles. The minimum absolute atomic E-state index is 0.222. The van der Waals surface area contributed by atoms with Gasteiger partial charge in [0.05, 0.1) is 0 Å². The molecule has 2 nitrogen and oxygen atoms in total. The first-order chi connectivity index (χ1) is 6.57. The predicted molar refractivity (Wildman–Crippen MR) is 59.1 cm³/mol. The molecule has 0 unspecified atom stereocenters. The van der Waals surface area contributed by atoms with Crippen molar-refractivity contribution in [3.8, 4) is 0 Å². The number of nitrogens with two attached hydrogens (primary N) is 1. The summed E-state index contributed by atoms with van der Waals surface area (Å²) in [6, 6.07) is 6.60. The molecular weight excluding hydrogens is 172 g/mol. The first kappa shape index (κ1) is 9.69. The van der Waals surface area contributed by atoms with Crippen molar-refractivity contribution in [1.82, 2.24) is 5.32 Å². The molecule has 0 radical (unpaired) electrons. The molecule has 1 heterocycles. The molecule has 0 atom stereocenters. The molecule has 14 heavy (non-hydrogen) atoms. The lowest BCUT2D eigenvalue weighted by molar-refractivity contribution is 0.550. The first-order valence-corrected chi connectivity index (χ1v) is 5.19. The molecule has 0 amide bonds. The Balaban J connectivity index is 2.39. The molecule has 1 aliphatic heterocycles. The summed E-state index contributed by atoms with van der Waals surface area (Å²) in [5, 5.41) is 3.37. The molecule has 76 valence electrons. The Labute approximate surface area is 85.5 Å². The third-order valence-corrected chi connectivity index (χ3v) is 2.84. The van der Waals surface area contributed by atoms with Crippen molar-refractivity contribution in [2.24, 2.45) is 5.73 Å². The highest BCUT2D eigenvalue weighted by Gasteiger charge is 2.16. The van der Waals surface area contributed by atoms with Gasteiger partial charge in [0, 0.05) is 12.1 Å². The fourth-order valence-corrected chi connectivity index (χ4v) is 1.88. The van der Waals surface area contributed by atoms with Crippen LogP contribution < -0.4 is 11.1 Å². The van der Waals surface area contributed by atoms with Crippen LogP contribution in [0.4, 0.5) is 0 Å². The van der Waals surface area contributed by atoms with Crippen molar-refractivity contribution in [3.05, 3.63) is 34.9 Å². The second-order valence-electron chi connectivity index (χ2n) is 4.63. The van der Waals surface area contributed by atoms with E-state index >= 15 is 0 Å². The van der Waals surface area contributed by atoms with Gasteiger partial charge in [-0.1, -0.05) is 18.2 Å². The fraction of sp³-hybridized carbons (Fsp3) is 0.500. The quantitative estimate of drug-likeness (QED) is 0.704. The molecule has 1 aliphatic rings. The van der Waals surface area contributed by atoms with Crippen LogP contribution in [0.3, 0.4) is 0 Å². The minimum atomic E-state index is -0.222. The van der Waals surface area contributed by atoms with Gasteiger partial charge in [-0.3, -0.25) is 0 Å². The largest absolute Gasteiger partial charge is 0.322 e. The summed E-state index contributed by atoms with van der Waals surface area (Å²) >= 11 is 0. The Morgan fingerprint density at radius 3 is 2.79 bits per heavy atom. The number of fused-ring (bicyclic) bond motifs is 1. The van der Waals surface area contributed by atoms with Crippen molar-refractivity contribution in [2.75, 3.05) is 6.54 Å². The maximum atomic E-state index is 6.07. The molecule has 2 heteroatoms. The Hall–Kier alpha value is -0.860. The Morgan fingerprint density at radius 2 is 2.07 bits per heavy atom. The third-order valence-electron chi connectivity index (χ3n) is 2.84. The van der Waals surface area contributed by atoms with Crippen molar-refractivity contribution in [1.29, 1.82) is 0 Å². The van der Waals surface area contributed by atoms with Crippen LogP contribution in [0.1, 0.15) is 30.5 Å². The van der Waals surface area contributed by atoms with Crippen LogP contribution in [0, 0.1) is 0 Å². The van der Waals surface area contributed by atoms with E-state index in [4.69, 9.17) is 5.73 Å². The first-order valence-electron chi connectivity index (χ1n) is 5.19. The van der Waals surface area contributed by atoms with Gasteiger partial charge >= 0.3 is 0 Å². The summed E-state index contributed by atoms with van der Waals surface area (Å²) in [7, 11) is 0. The SMILES string of the molecule is CC(C)(N)c1ccc2c(c1)CCNC2. The standard InChI is InChI=1S/C12H18N2/c1-12(2,13)11-4-3-10-8-14-6-5-9(10)7-11/h3-4,7,14H,5-6,8,13H2,1-2H3. The van der Waals surface area contributed by atoms with Crippen LogP contribution in [-0.2, 0) is 18.5 Å². The molecule has 0 bridgehead atoms. The zero-order valence-electron chi connectivity index (χ0n) is 8.93. The van der Waals surface area contributed by atoms with Gasteiger partial charge < -0.3 is 11.1 Å². The van der Waals surface area contributed by atoms with Crippen LogP contribution >= 0.6 is 0 Å². The molecule has 1 aromatic carbocycles. The van der Waals surface area contributed by atoms with Gasteiger partial charge in [-0.15, -0.1) is 0 Å². The van der Waals surface area contributed by atoms with Crippen molar-refractivity contribution in [2.45, 2.75) is 32.4 Å². The lowest BCUT2D eigenvalue weighted by Gasteiger charge is -2.23. The average molecular weight is 190 g/mol. The van der Waals surface area contributed by atoms with Gasteiger partial charge in [-0.2, -0.15) is 0 Å². The number of hydrogen-bond donors (Lipinski definition) is 2. The minimum Gasteiger partial charge on any atom is -0.322 e. The van der Waals surface area contributed by atoms with E-state index in [0.717, 1.165) is 19.5 Å². The van der Waals surface area contributed by atoms with Gasteiger partial charge in [0.15, 0.2) is 0 Å². The van der Waals surface area contributed by atoms with Crippen LogP contribution in [-0.4, -0.2) is 6.54 Å². The van der Waals surface area contributed by atoms with E-state index in [1.54, 1.807) is 0 Å². The number of hydrogen-bond acceptors (Lipinski definition) is 2. The summed E-state index contributed by atoms with van der Waals surface area (Å²) in [5.41, 5.74) is 9.97. The van der Waals surface area contributed by atoms with E-state index in [-0.39, 0.29) is 5.54 Å². The van der Waals surface area contributed by atoms with E-state index in [1.807, 2.05) is 0 Å². The van der Waals surface area contributed by atoms with Crippen LogP contribution in [0.2, 0.25) is 0 Å². The molecule has 0 saturated heterocycles. The van der Waals surface area contributed by atoms with E-state index in [0.29, 0.717) is 0 Å². The van der Waals surface area contributed by atoms with Crippen molar-refractivity contribution >= 4 is 0 Å². The summed E-state index contributed by atoms with van der Waals surface area (Å²) in [6.07, 6.45) is 1.12. The maximum absolute atomic E-state index is 6.07. The van der Waals surface area contributed by atoms with E-state index in [1.165, 1.54) is 16.7 Å². The lowest BCUT2D eigenvalue weighted by Crippen LogP contribution is -2.30. The summed E-state index contributed by atoms with van der Waals surface area (Å²) in [4.78, 5) is 0. The van der Waals surface area contributed by atoms with Gasteiger partial charge in [0.25, 0.3) is 0 Å². The van der Waals surface area contributed by atoms with E-state index < -0.39 is 0 Å². The van der Waals surface area contributed by atoms with E-state index in [9.17, 15) is 0 Å². The smallest absolute Gasteiger partial charge is 0.0352 e. The average Bonchev–Trinajstić information content (AvgIpc) is 2.16. The topological polar surface area (TPSA) is 38.0 Å². The third kappa shape index (κ3) is 1.81. The second-order valence-corrected chi connectivity index (χ2v) is 4.63. The molecule has 1 aromatic rings. The zero-order chi connectivity index (χ0) is 10.2. The summed E-state index contributed by atoms with van der Waals surface area (Å²) in [6.45, 7) is 6.19. The molecule has 0 saturated carbocycles. The van der Waals surface area contributed by atoms with Crippen LogP contribution in [0.15, 0.2) is 18.2 Å². The normalized spacial score (nSPS) is 16.5. The Morgan fingerprint density at radius 1 is 1.29 bits per heavy atom. The maximum Gasteiger partial charge on any atom is 0.0352 e. The molecule has 0 spiro atoms. The summed E-state index contributed by atoms with van der Waals surface area (Å²) < 4.78 is 0. The van der Waals surface area contributed by atoms with Crippen LogP contribution in [0.25, 0.3) is 0 Å². The second kappa shape index (κ2) is 3.37. The highest BCUT2D eigenvalue weighted by molar-refractivity contribution is 5.36. The number of benzene rings is 1. The highest BCUT2D eigenvalue weighted by atomic mass is 14.9. The van der Waals surface area contributed by atoms with Crippen LogP contribution in [0.5, 0.6) is 0 Å². The lowest BCUT2D eigenvalue weighted by atomic mass is 9.90. The summed E-state index contributed by atoms with van der Waals surface area (Å²) in [5.74, 6) is 0. The fourth-order valence-electron chi connectivity index (χ4n) is 1.88. The molecule has 2 rings (SSSR count). The van der Waals surface area contributed by atoms with Crippen molar-refractivity contribution < 1.29 is 0 Å². The van der Waals surface area contributed by atoms with Gasteiger partial charge in [0.2, 0.25) is 0 Å². The van der Waals surface area contributed by atoms with Gasteiger partial charge in [-0.05, 0) is 43.5 Å². The van der Waals surface area contributed by atoms with Crippen molar-refractivity contribution in [3.63, 3.8) is 0 Å². The molecule has 3 N–H and O–H groups in total. The zero-order valence-corrected chi connectivity index (χ0v) is 8.93. The van der Waals surface area contributed by atoms with Gasteiger partial charge in [0.1, 0.15) is 0 Å². The highest BCUT2D eigenvalue weighted by Crippen LogP contribution is 2.22. The molecular formula is C12H18N2. The van der Waals surface area contributed by atoms with E-state index in [2.05, 4.69) is 37.4 Å². The monoisotopic (exact) mass is 190 g/mol. The molecule has 0 fully saturated rings. The van der Waals surface area contributed by atoms with Gasteiger partial charge in [-0.25, -0.2) is 0 Å².